The molecule has 6 nitrogen and oxygen atoms in total. The molecule has 4 rings (SSSR count). The van der Waals surface area contributed by atoms with E-state index in [1.807, 2.05) is 6.07 Å². The molecule has 0 radical (unpaired) electrons. The summed E-state index contributed by atoms with van der Waals surface area (Å²) in [6.07, 6.45) is 0.0238. The highest BCUT2D eigenvalue weighted by atomic mass is 19.4. The second kappa shape index (κ2) is 9.21. The lowest BCUT2D eigenvalue weighted by Gasteiger charge is -2.28. The molecule has 10 heteroatoms. The molecule has 1 unspecified atom stereocenters. The minimum atomic E-state index is -4.40. The summed E-state index contributed by atoms with van der Waals surface area (Å²) in [7, 11) is 3.25. The Hall–Kier alpha value is -3.43. The fourth-order valence-electron chi connectivity index (χ4n) is 4.05. The average molecular weight is 461 g/mol. The van der Waals surface area contributed by atoms with Crippen molar-refractivity contribution in [2.45, 2.75) is 31.6 Å². The van der Waals surface area contributed by atoms with Gasteiger partial charge in [-0.05, 0) is 36.1 Å². The molecular formula is C23H23F4N5O. The van der Waals surface area contributed by atoms with Gasteiger partial charge in [0.25, 0.3) is 0 Å². The maximum Gasteiger partial charge on any atom is 0.416 e. The molecule has 0 saturated carbocycles. The predicted molar refractivity (Wildman–Crippen MR) is 116 cm³/mol. The molecule has 1 aliphatic heterocycles. The van der Waals surface area contributed by atoms with Crippen LogP contribution in [0.2, 0.25) is 0 Å². The molecule has 1 saturated heterocycles. The molecule has 3 aromatic rings. The van der Waals surface area contributed by atoms with E-state index in [0.29, 0.717) is 31.0 Å². The molecule has 0 bridgehead atoms. The van der Waals surface area contributed by atoms with Crippen molar-refractivity contribution in [1.82, 2.24) is 15.0 Å². The van der Waals surface area contributed by atoms with Gasteiger partial charge in [0.1, 0.15) is 6.33 Å². The van der Waals surface area contributed by atoms with E-state index in [1.165, 1.54) is 25.6 Å². The molecule has 0 N–H and O–H groups in total. The van der Waals surface area contributed by atoms with Gasteiger partial charge in [-0.15, -0.1) is 0 Å². The van der Waals surface area contributed by atoms with Crippen molar-refractivity contribution in [3.05, 3.63) is 71.4 Å². The molecule has 1 aliphatic rings. The fraction of sp³-hybridized carbons (Fsp3) is 0.348. The SMILES string of the molecule is COc1ccc(CN(C)c2ncnc(N3CCCC3c3ccc(C(F)(F)F)cc3)c2F)cn1. The number of nitrogens with zero attached hydrogens (tertiary/aromatic N) is 5. The Morgan fingerprint density at radius 1 is 1.09 bits per heavy atom. The first-order valence-corrected chi connectivity index (χ1v) is 10.4. The van der Waals surface area contributed by atoms with Crippen LogP contribution in [0.1, 0.15) is 35.6 Å². The number of rotatable bonds is 6. The quantitative estimate of drug-likeness (QED) is 0.481. The number of alkyl halides is 3. The number of hydrogen-bond acceptors (Lipinski definition) is 6. The van der Waals surface area contributed by atoms with Crippen molar-refractivity contribution < 1.29 is 22.3 Å². The largest absolute Gasteiger partial charge is 0.481 e. The third-order valence-electron chi connectivity index (χ3n) is 5.69. The zero-order chi connectivity index (χ0) is 23.6. The van der Waals surface area contributed by atoms with Gasteiger partial charge in [0.2, 0.25) is 11.7 Å². The van der Waals surface area contributed by atoms with Gasteiger partial charge in [-0.3, -0.25) is 0 Å². The highest BCUT2D eigenvalue weighted by Crippen LogP contribution is 2.39. The number of benzene rings is 1. The number of ether oxygens (including phenoxy) is 1. The van der Waals surface area contributed by atoms with E-state index >= 15 is 4.39 Å². The maximum atomic E-state index is 15.5. The first kappa shape index (κ1) is 22.8. The van der Waals surface area contributed by atoms with Crippen LogP contribution < -0.4 is 14.5 Å². The van der Waals surface area contributed by atoms with Gasteiger partial charge >= 0.3 is 6.18 Å². The van der Waals surface area contributed by atoms with Crippen LogP contribution in [0.25, 0.3) is 0 Å². The Labute approximate surface area is 188 Å². The van der Waals surface area contributed by atoms with E-state index in [9.17, 15) is 13.2 Å². The predicted octanol–water partition coefficient (Wildman–Crippen LogP) is 5.02. The van der Waals surface area contributed by atoms with Crippen LogP contribution in [0.5, 0.6) is 5.88 Å². The normalized spacial score (nSPS) is 16.2. The molecule has 3 heterocycles. The highest BCUT2D eigenvalue weighted by molar-refractivity contribution is 5.54. The van der Waals surface area contributed by atoms with Crippen LogP contribution in [0.15, 0.2) is 48.9 Å². The fourth-order valence-corrected chi connectivity index (χ4v) is 4.05. The Bertz CT molecular complexity index is 1090. The molecule has 174 valence electrons. The van der Waals surface area contributed by atoms with E-state index < -0.39 is 17.6 Å². The van der Waals surface area contributed by atoms with Crippen molar-refractivity contribution in [2.24, 2.45) is 0 Å². The Morgan fingerprint density at radius 3 is 2.48 bits per heavy atom. The van der Waals surface area contributed by atoms with Crippen LogP contribution in [-0.2, 0) is 12.7 Å². The summed E-state index contributed by atoms with van der Waals surface area (Å²) in [5.74, 6) is 0.191. The first-order chi connectivity index (χ1) is 15.8. The van der Waals surface area contributed by atoms with E-state index in [2.05, 4.69) is 15.0 Å². The second-order valence-electron chi connectivity index (χ2n) is 7.87. The lowest BCUT2D eigenvalue weighted by molar-refractivity contribution is -0.137. The lowest BCUT2D eigenvalue weighted by Crippen LogP contribution is -2.27. The summed E-state index contributed by atoms with van der Waals surface area (Å²) in [5.41, 5.74) is 0.834. The van der Waals surface area contributed by atoms with E-state index in [0.717, 1.165) is 24.1 Å². The highest BCUT2D eigenvalue weighted by Gasteiger charge is 2.33. The molecule has 0 spiro atoms. The number of halogens is 4. The molecule has 1 fully saturated rings. The summed E-state index contributed by atoms with van der Waals surface area (Å²) < 4.78 is 59.3. The monoisotopic (exact) mass is 461 g/mol. The number of hydrogen-bond donors (Lipinski definition) is 0. The first-order valence-electron chi connectivity index (χ1n) is 10.4. The van der Waals surface area contributed by atoms with Gasteiger partial charge < -0.3 is 14.5 Å². The average Bonchev–Trinajstić information content (AvgIpc) is 3.29. The van der Waals surface area contributed by atoms with Crippen LogP contribution in [-0.4, -0.2) is 35.7 Å². The van der Waals surface area contributed by atoms with Crippen molar-refractivity contribution in [1.29, 1.82) is 0 Å². The molecule has 1 atom stereocenters. The second-order valence-corrected chi connectivity index (χ2v) is 7.87. The molecular weight excluding hydrogens is 438 g/mol. The molecule has 1 aromatic carbocycles. The van der Waals surface area contributed by atoms with Crippen LogP contribution in [0.3, 0.4) is 0 Å². The van der Waals surface area contributed by atoms with Crippen molar-refractivity contribution in [3.8, 4) is 5.88 Å². The topological polar surface area (TPSA) is 54.4 Å². The van der Waals surface area contributed by atoms with Crippen LogP contribution in [0.4, 0.5) is 29.2 Å². The van der Waals surface area contributed by atoms with Gasteiger partial charge in [0.15, 0.2) is 11.6 Å². The van der Waals surface area contributed by atoms with Crippen molar-refractivity contribution in [2.75, 3.05) is 30.5 Å². The minimum Gasteiger partial charge on any atom is -0.481 e. The zero-order valence-electron chi connectivity index (χ0n) is 18.2. The maximum absolute atomic E-state index is 15.5. The number of pyridine rings is 1. The molecule has 0 aliphatic carbocycles. The summed E-state index contributed by atoms with van der Waals surface area (Å²) >= 11 is 0. The summed E-state index contributed by atoms with van der Waals surface area (Å²) in [6, 6.07) is 8.33. The number of methoxy groups -OCH3 is 1. The summed E-state index contributed by atoms with van der Waals surface area (Å²) in [4.78, 5) is 15.9. The zero-order valence-corrected chi connectivity index (χ0v) is 18.2. The van der Waals surface area contributed by atoms with Gasteiger partial charge in [-0.1, -0.05) is 18.2 Å². The van der Waals surface area contributed by atoms with Gasteiger partial charge in [-0.25, -0.2) is 15.0 Å². The molecule has 2 aromatic heterocycles. The minimum absolute atomic E-state index is 0.133. The van der Waals surface area contributed by atoms with Crippen LogP contribution >= 0.6 is 0 Å². The van der Waals surface area contributed by atoms with E-state index in [4.69, 9.17) is 4.74 Å². The standard InChI is InChI=1S/C23H23F4N5O/c1-31(13-15-5-10-19(33-2)28-12-15)21-20(24)22(30-14-29-21)32-11-3-4-18(32)16-6-8-17(9-7-16)23(25,26)27/h5-10,12,14,18H,3-4,11,13H2,1-2H3. The smallest absolute Gasteiger partial charge is 0.416 e. The third-order valence-corrected chi connectivity index (χ3v) is 5.69. The van der Waals surface area contributed by atoms with E-state index in [-0.39, 0.29) is 17.7 Å². The molecule has 0 amide bonds. The Morgan fingerprint density at radius 2 is 1.85 bits per heavy atom. The number of anilines is 2. The van der Waals surface area contributed by atoms with Crippen molar-refractivity contribution in [3.63, 3.8) is 0 Å². The summed E-state index contributed by atoms with van der Waals surface area (Å²) in [5, 5.41) is 0. The molecule has 33 heavy (non-hydrogen) atoms. The Kier molecular flexibility index (Phi) is 6.35. The van der Waals surface area contributed by atoms with Gasteiger partial charge in [-0.2, -0.15) is 17.6 Å². The lowest BCUT2D eigenvalue weighted by atomic mass is 10.0. The van der Waals surface area contributed by atoms with Crippen LogP contribution in [0, 0.1) is 5.82 Å². The van der Waals surface area contributed by atoms with E-state index in [1.54, 1.807) is 29.1 Å². The third kappa shape index (κ3) is 4.84. The van der Waals surface area contributed by atoms with Gasteiger partial charge in [0.05, 0.1) is 18.7 Å². The number of aromatic nitrogens is 3. The van der Waals surface area contributed by atoms with Crippen molar-refractivity contribution >= 4 is 11.6 Å². The summed E-state index contributed by atoms with van der Waals surface area (Å²) in [6.45, 7) is 0.915. The Balaban J connectivity index is 1.56. The van der Waals surface area contributed by atoms with Gasteiger partial charge in [0, 0.05) is 32.4 Å².